The first-order valence-electron chi connectivity index (χ1n) is 7.33. The second kappa shape index (κ2) is 5.19. The Morgan fingerprint density at radius 1 is 1.33 bits per heavy atom. The summed E-state index contributed by atoms with van der Waals surface area (Å²) in [5.41, 5.74) is 14.7. The second-order valence-corrected chi connectivity index (χ2v) is 6.92. The van der Waals surface area contributed by atoms with Crippen molar-refractivity contribution in [3.8, 4) is 0 Å². The van der Waals surface area contributed by atoms with E-state index >= 15 is 0 Å². The summed E-state index contributed by atoms with van der Waals surface area (Å²) in [4.78, 5) is 12.8. The van der Waals surface area contributed by atoms with E-state index in [-0.39, 0.29) is 5.41 Å². The van der Waals surface area contributed by atoms with Crippen LogP contribution in [0.15, 0.2) is 30.3 Å². The number of primary amides is 1. The molecule has 0 fully saturated rings. The quantitative estimate of drug-likeness (QED) is 0.913. The fourth-order valence-corrected chi connectivity index (χ4v) is 4.78. The predicted molar refractivity (Wildman–Crippen MR) is 87.7 cm³/mol. The number of fused-ring (bicyclic) bond motifs is 1. The highest BCUT2D eigenvalue weighted by atomic mass is 32.1. The average molecular weight is 300 g/mol. The number of benzene rings is 1. The Hall–Kier alpha value is -1.81. The molecular weight excluding hydrogens is 280 g/mol. The number of carbonyl (C=O) groups excluding carboxylic acids is 1. The smallest absolute Gasteiger partial charge is 0.251 e. The zero-order valence-electron chi connectivity index (χ0n) is 12.2. The molecule has 1 atom stereocenters. The zero-order valence-corrected chi connectivity index (χ0v) is 13.0. The fourth-order valence-electron chi connectivity index (χ4n) is 3.51. The molecule has 2 aromatic rings. The van der Waals surface area contributed by atoms with Crippen LogP contribution in [-0.2, 0) is 18.3 Å². The second-order valence-electron chi connectivity index (χ2n) is 5.78. The number of nitrogen functional groups attached to an aromatic ring is 1. The van der Waals surface area contributed by atoms with Crippen LogP contribution >= 0.6 is 11.3 Å². The van der Waals surface area contributed by atoms with Gasteiger partial charge in [0.15, 0.2) is 0 Å². The molecule has 0 saturated carbocycles. The summed E-state index contributed by atoms with van der Waals surface area (Å²) in [7, 11) is 0. The van der Waals surface area contributed by atoms with Crippen LogP contribution in [0.25, 0.3) is 0 Å². The van der Waals surface area contributed by atoms with Gasteiger partial charge in [-0.2, -0.15) is 0 Å². The Labute approximate surface area is 129 Å². The van der Waals surface area contributed by atoms with Crippen LogP contribution in [0, 0.1) is 0 Å². The number of rotatable bonds is 3. The lowest BCUT2D eigenvalue weighted by Gasteiger charge is -2.37. The monoisotopic (exact) mass is 300 g/mol. The van der Waals surface area contributed by atoms with Crippen LogP contribution in [-0.4, -0.2) is 5.91 Å². The molecule has 0 spiro atoms. The van der Waals surface area contributed by atoms with Gasteiger partial charge in [-0.3, -0.25) is 4.79 Å². The number of nitrogens with two attached hydrogens (primary N) is 2. The first-order chi connectivity index (χ1) is 10.1. The van der Waals surface area contributed by atoms with Crippen molar-refractivity contribution >= 4 is 22.2 Å². The highest BCUT2D eigenvalue weighted by Crippen LogP contribution is 2.46. The fraction of sp³-hybridized carbons (Fsp3) is 0.353. The molecule has 3 nitrogen and oxygen atoms in total. The van der Waals surface area contributed by atoms with E-state index in [2.05, 4.69) is 37.3 Å². The van der Waals surface area contributed by atoms with E-state index in [0.29, 0.717) is 10.6 Å². The van der Waals surface area contributed by atoms with Gasteiger partial charge in [-0.15, -0.1) is 11.3 Å². The SMILES string of the molecule is CCC1(c2ccccc2)CCc2c(sc(N)c2C(N)=O)C1. The number of amides is 1. The lowest BCUT2D eigenvalue weighted by molar-refractivity contribution is 0.1000. The molecule has 0 bridgehead atoms. The van der Waals surface area contributed by atoms with Gasteiger partial charge in [-0.05, 0) is 36.8 Å². The maximum atomic E-state index is 11.6. The molecule has 0 saturated heterocycles. The summed E-state index contributed by atoms with van der Waals surface area (Å²) in [6.07, 6.45) is 3.95. The standard InChI is InChI=1S/C17H20N2OS/c1-2-17(11-6-4-3-5-7-11)9-8-12-13(10-17)21-16(19)14(12)15(18)20/h3-7H,2,8-10,19H2,1H3,(H2,18,20). The number of hydrogen-bond acceptors (Lipinski definition) is 3. The lowest BCUT2D eigenvalue weighted by atomic mass is 9.67. The summed E-state index contributed by atoms with van der Waals surface area (Å²) < 4.78 is 0. The highest BCUT2D eigenvalue weighted by molar-refractivity contribution is 7.16. The number of anilines is 1. The Morgan fingerprint density at radius 2 is 2.05 bits per heavy atom. The van der Waals surface area contributed by atoms with E-state index in [4.69, 9.17) is 11.5 Å². The highest BCUT2D eigenvalue weighted by Gasteiger charge is 2.37. The van der Waals surface area contributed by atoms with Gasteiger partial charge in [-0.25, -0.2) is 0 Å². The Morgan fingerprint density at radius 3 is 2.67 bits per heavy atom. The molecule has 0 aliphatic heterocycles. The Balaban J connectivity index is 2.04. The van der Waals surface area contributed by atoms with Crippen LogP contribution < -0.4 is 11.5 Å². The zero-order chi connectivity index (χ0) is 15.0. The van der Waals surface area contributed by atoms with Crippen LogP contribution in [0.1, 0.15) is 46.1 Å². The minimum Gasteiger partial charge on any atom is -0.390 e. The average Bonchev–Trinajstić information content (AvgIpc) is 2.82. The number of thiophene rings is 1. The third-order valence-corrected chi connectivity index (χ3v) is 5.84. The van der Waals surface area contributed by atoms with Crippen LogP contribution in [0.2, 0.25) is 0 Å². The van der Waals surface area contributed by atoms with Crippen LogP contribution in [0.4, 0.5) is 5.00 Å². The molecular formula is C17H20N2OS. The molecule has 4 N–H and O–H groups in total. The van der Waals surface area contributed by atoms with E-state index in [1.165, 1.54) is 21.8 Å². The summed E-state index contributed by atoms with van der Waals surface area (Å²) in [5.74, 6) is -0.395. The number of carbonyl (C=O) groups is 1. The molecule has 4 heteroatoms. The van der Waals surface area contributed by atoms with Crippen molar-refractivity contribution in [3.63, 3.8) is 0 Å². The molecule has 1 aromatic heterocycles. The van der Waals surface area contributed by atoms with Gasteiger partial charge in [0.2, 0.25) is 0 Å². The summed E-state index contributed by atoms with van der Waals surface area (Å²) >= 11 is 1.53. The van der Waals surface area contributed by atoms with Gasteiger partial charge >= 0.3 is 0 Å². The Kier molecular flexibility index (Phi) is 3.49. The molecule has 21 heavy (non-hydrogen) atoms. The van der Waals surface area contributed by atoms with Gasteiger partial charge in [0.1, 0.15) is 0 Å². The minimum atomic E-state index is -0.395. The van der Waals surface area contributed by atoms with Crippen LogP contribution in [0.5, 0.6) is 0 Å². The van der Waals surface area contributed by atoms with Gasteiger partial charge in [0.25, 0.3) is 5.91 Å². The molecule has 1 aromatic carbocycles. The molecule has 1 heterocycles. The van der Waals surface area contributed by atoms with Crippen LogP contribution in [0.3, 0.4) is 0 Å². The summed E-state index contributed by atoms with van der Waals surface area (Å²) in [6.45, 7) is 2.24. The Bertz CT molecular complexity index is 678. The van der Waals surface area contributed by atoms with Gasteiger partial charge in [0.05, 0.1) is 10.6 Å². The van der Waals surface area contributed by atoms with E-state index in [1.807, 2.05) is 0 Å². The topological polar surface area (TPSA) is 69.1 Å². The van der Waals surface area contributed by atoms with Gasteiger partial charge in [0, 0.05) is 10.3 Å². The first-order valence-corrected chi connectivity index (χ1v) is 8.14. The first kappa shape index (κ1) is 14.1. The van der Waals surface area contributed by atoms with Crippen molar-refractivity contribution in [2.24, 2.45) is 5.73 Å². The molecule has 1 aliphatic carbocycles. The molecule has 3 rings (SSSR count). The molecule has 0 radical (unpaired) electrons. The number of hydrogen-bond donors (Lipinski definition) is 2. The van der Waals surface area contributed by atoms with E-state index in [0.717, 1.165) is 31.2 Å². The molecule has 1 unspecified atom stereocenters. The van der Waals surface area contributed by atoms with Crippen molar-refractivity contribution in [2.75, 3.05) is 5.73 Å². The van der Waals surface area contributed by atoms with Crippen molar-refractivity contribution in [1.82, 2.24) is 0 Å². The molecule has 1 amide bonds. The predicted octanol–water partition coefficient (Wildman–Crippen LogP) is 3.27. The van der Waals surface area contributed by atoms with Crippen molar-refractivity contribution in [2.45, 2.75) is 38.0 Å². The maximum absolute atomic E-state index is 11.6. The third kappa shape index (κ3) is 2.23. The largest absolute Gasteiger partial charge is 0.390 e. The molecule has 110 valence electrons. The maximum Gasteiger partial charge on any atom is 0.251 e. The van der Waals surface area contributed by atoms with E-state index in [9.17, 15) is 4.79 Å². The lowest BCUT2D eigenvalue weighted by Crippen LogP contribution is -2.32. The summed E-state index contributed by atoms with van der Waals surface area (Å²) in [5, 5.41) is 0.576. The van der Waals surface area contributed by atoms with Crippen molar-refractivity contribution in [3.05, 3.63) is 51.9 Å². The normalized spacial score (nSPS) is 21.0. The van der Waals surface area contributed by atoms with Gasteiger partial charge < -0.3 is 11.5 Å². The van der Waals surface area contributed by atoms with Crippen molar-refractivity contribution < 1.29 is 4.79 Å². The summed E-state index contributed by atoms with van der Waals surface area (Å²) in [6, 6.07) is 10.7. The van der Waals surface area contributed by atoms with E-state index < -0.39 is 5.91 Å². The van der Waals surface area contributed by atoms with E-state index in [1.54, 1.807) is 0 Å². The third-order valence-electron chi connectivity index (χ3n) is 4.78. The van der Waals surface area contributed by atoms with Crippen molar-refractivity contribution in [1.29, 1.82) is 0 Å². The van der Waals surface area contributed by atoms with Gasteiger partial charge in [-0.1, -0.05) is 37.3 Å². The molecule has 1 aliphatic rings. The minimum absolute atomic E-state index is 0.153.